The molecule has 0 atom stereocenters. The standard InChI is InChI=1S/C21H20N3P/c1-25(18-10-4-2-5-11-18,19-12-6-3-7-13-19)21-15-9-8-14-20(21)24-17-22-16-23-24/h2-17,25H,1H3. The van der Waals surface area contributed by atoms with Gasteiger partial charge in [0.25, 0.3) is 0 Å². The third-order valence-electron chi connectivity index (χ3n) is 4.81. The number of nitrogens with zero attached hydrogens (tertiary/aromatic N) is 3. The molecule has 0 radical (unpaired) electrons. The molecule has 0 fully saturated rings. The van der Waals surface area contributed by atoms with Crippen molar-refractivity contribution in [1.29, 1.82) is 0 Å². The summed E-state index contributed by atoms with van der Waals surface area (Å²) in [5.41, 5.74) is 1.10. The summed E-state index contributed by atoms with van der Waals surface area (Å²) in [6.07, 6.45) is 3.35. The third kappa shape index (κ3) is 2.77. The fourth-order valence-electron chi connectivity index (χ4n) is 3.45. The van der Waals surface area contributed by atoms with Crippen molar-refractivity contribution >= 4 is 23.2 Å². The number of para-hydroxylation sites is 1. The van der Waals surface area contributed by atoms with Crippen molar-refractivity contribution in [2.24, 2.45) is 0 Å². The van der Waals surface area contributed by atoms with Crippen LogP contribution in [0.25, 0.3) is 5.69 Å². The van der Waals surface area contributed by atoms with E-state index in [0.29, 0.717) is 0 Å². The molecule has 0 amide bonds. The minimum absolute atomic E-state index is 1.10. The Morgan fingerprint density at radius 1 is 0.720 bits per heavy atom. The second-order valence-electron chi connectivity index (χ2n) is 6.21. The summed E-state index contributed by atoms with van der Waals surface area (Å²) in [4.78, 5) is 4.13. The van der Waals surface area contributed by atoms with Gasteiger partial charge in [-0.25, -0.2) is 0 Å². The first kappa shape index (κ1) is 15.7. The first-order valence-electron chi connectivity index (χ1n) is 8.36. The van der Waals surface area contributed by atoms with Gasteiger partial charge >= 0.3 is 148 Å². The third-order valence-corrected chi connectivity index (χ3v) is 9.29. The summed E-state index contributed by atoms with van der Waals surface area (Å²) in [6.45, 7) is 2.41. The van der Waals surface area contributed by atoms with Crippen molar-refractivity contribution in [3.05, 3.63) is 97.6 Å². The average Bonchev–Trinajstić information content (AvgIpc) is 3.23. The Kier molecular flexibility index (Phi) is 4.17. The Morgan fingerprint density at radius 2 is 1.28 bits per heavy atom. The Labute approximate surface area is 148 Å². The van der Waals surface area contributed by atoms with Crippen molar-refractivity contribution in [2.45, 2.75) is 0 Å². The second-order valence-corrected chi connectivity index (χ2v) is 10.2. The van der Waals surface area contributed by atoms with E-state index in [0.717, 1.165) is 5.69 Å². The number of hydrogen-bond acceptors (Lipinski definition) is 2. The molecule has 0 aliphatic heterocycles. The van der Waals surface area contributed by atoms with Crippen LogP contribution < -0.4 is 15.9 Å². The summed E-state index contributed by atoms with van der Waals surface area (Å²) >= 11 is 0. The van der Waals surface area contributed by atoms with Crippen LogP contribution in [0.15, 0.2) is 97.6 Å². The van der Waals surface area contributed by atoms with Gasteiger partial charge in [-0.15, -0.1) is 0 Å². The summed E-state index contributed by atoms with van der Waals surface area (Å²) in [7, 11) is -2.17. The van der Waals surface area contributed by atoms with Crippen molar-refractivity contribution < 1.29 is 0 Å². The maximum atomic E-state index is 4.38. The molecule has 3 nitrogen and oxygen atoms in total. The molecule has 0 spiro atoms. The first-order chi connectivity index (χ1) is 12.3. The molecule has 0 unspecified atom stereocenters. The van der Waals surface area contributed by atoms with Crippen LogP contribution in [0.1, 0.15) is 0 Å². The molecule has 3 aromatic carbocycles. The van der Waals surface area contributed by atoms with Crippen LogP contribution in [0.2, 0.25) is 0 Å². The summed E-state index contributed by atoms with van der Waals surface area (Å²) in [5.74, 6) is 0. The summed E-state index contributed by atoms with van der Waals surface area (Å²) < 4.78 is 1.87. The van der Waals surface area contributed by atoms with Gasteiger partial charge in [0.2, 0.25) is 0 Å². The normalized spacial score (nSPS) is 12.0. The molecule has 25 heavy (non-hydrogen) atoms. The van der Waals surface area contributed by atoms with Gasteiger partial charge in [-0.2, -0.15) is 0 Å². The second kappa shape index (κ2) is 6.62. The molecular weight excluding hydrogens is 325 g/mol. The monoisotopic (exact) mass is 345 g/mol. The molecule has 1 aromatic heterocycles. The van der Waals surface area contributed by atoms with Crippen LogP contribution in [0, 0.1) is 0 Å². The van der Waals surface area contributed by atoms with Crippen molar-refractivity contribution in [3.8, 4) is 5.69 Å². The zero-order valence-electron chi connectivity index (χ0n) is 14.1. The van der Waals surface area contributed by atoms with Gasteiger partial charge in [0.1, 0.15) is 0 Å². The maximum absolute atomic E-state index is 4.38. The van der Waals surface area contributed by atoms with Gasteiger partial charge in [-0.1, -0.05) is 0 Å². The van der Waals surface area contributed by atoms with Crippen molar-refractivity contribution in [2.75, 3.05) is 6.66 Å². The van der Waals surface area contributed by atoms with Crippen LogP contribution in [0.5, 0.6) is 0 Å². The predicted octanol–water partition coefficient (Wildman–Crippen LogP) is 2.92. The molecule has 0 bridgehead atoms. The van der Waals surface area contributed by atoms with Crippen molar-refractivity contribution in [1.82, 2.24) is 14.8 Å². The molecule has 1 heterocycles. The topological polar surface area (TPSA) is 30.7 Å². The predicted molar refractivity (Wildman–Crippen MR) is 107 cm³/mol. The number of aromatic nitrogens is 3. The Morgan fingerprint density at radius 3 is 1.84 bits per heavy atom. The molecule has 0 N–H and O–H groups in total. The van der Waals surface area contributed by atoms with Gasteiger partial charge in [-0.3, -0.25) is 0 Å². The molecule has 0 aliphatic carbocycles. The number of rotatable bonds is 4. The fraction of sp³-hybridized carbons (Fsp3) is 0.0476. The average molecular weight is 345 g/mol. The SMILES string of the molecule is C[PH](c1ccccc1)(c1ccccc1)c1ccccc1-n1cncn1. The van der Waals surface area contributed by atoms with Crippen LogP contribution in [0.4, 0.5) is 0 Å². The van der Waals surface area contributed by atoms with Gasteiger partial charge in [0, 0.05) is 0 Å². The molecular formula is C21H20N3P. The molecule has 0 saturated heterocycles. The molecule has 4 rings (SSSR count). The van der Waals surface area contributed by atoms with E-state index in [1.165, 1.54) is 15.9 Å². The molecule has 4 heteroatoms. The van der Waals surface area contributed by atoms with Crippen LogP contribution >= 0.6 is 7.26 Å². The Balaban J connectivity index is 2.01. The van der Waals surface area contributed by atoms with E-state index in [1.54, 1.807) is 12.7 Å². The zero-order chi connectivity index (χ0) is 17.1. The number of benzene rings is 3. The Bertz CT molecular complexity index is 911. The van der Waals surface area contributed by atoms with E-state index in [1.807, 2.05) is 4.68 Å². The van der Waals surface area contributed by atoms with E-state index in [2.05, 4.69) is 102 Å². The van der Waals surface area contributed by atoms with Gasteiger partial charge in [0.15, 0.2) is 0 Å². The van der Waals surface area contributed by atoms with Crippen LogP contribution in [-0.4, -0.2) is 21.4 Å². The summed E-state index contributed by atoms with van der Waals surface area (Å²) in [6, 6.07) is 30.2. The molecule has 124 valence electrons. The van der Waals surface area contributed by atoms with Crippen LogP contribution in [-0.2, 0) is 0 Å². The van der Waals surface area contributed by atoms with E-state index in [9.17, 15) is 0 Å². The first-order valence-corrected chi connectivity index (χ1v) is 10.9. The molecule has 0 saturated carbocycles. The van der Waals surface area contributed by atoms with E-state index >= 15 is 0 Å². The van der Waals surface area contributed by atoms with Gasteiger partial charge < -0.3 is 0 Å². The van der Waals surface area contributed by atoms with E-state index in [4.69, 9.17) is 0 Å². The van der Waals surface area contributed by atoms with Crippen LogP contribution in [0.3, 0.4) is 0 Å². The van der Waals surface area contributed by atoms with E-state index in [-0.39, 0.29) is 0 Å². The molecule has 0 aliphatic rings. The molecule has 4 aromatic rings. The van der Waals surface area contributed by atoms with Crippen molar-refractivity contribution in [3.63, 3.8) is 0 Å². The quantitative estimate of drug-likeness (QED) is 0.533. The summed E-state index contributed by atoms with van der Waals surface area (Å²) in [5, 5.41) is 8.47. The number of hydrogen-bond donors (Lipinski definition) is 0. The fourth-order valence-corrected chi connectivity index (χ4v) is 7.26. The zero-order valence-corrected chi connectivity index (χ0v) is 15.1. The minimum atomic E-state index is -2.17. The van der Waals surface area contributed by atoms with E-state index < -0.39 is 7.26 Å². The van der Waals surface area contributed by atoms with Gasteiger partial charge in [0.05, 0.1) is 0 Å². The van der Waals surface area contributed by atoms with Gasteiger partial charge in [-0.05, 0) is 0 Å². The Hall–Kier alpha value is -2.77.